The Hall–Kier alpha value is -3.04. The molecule has 0 atom stereocenters. The largest absolute Gasteiger partial charge is 0.343 e. The van der Waals surface area contributed by atoms with Crippen LogP contribution in [0.4, 0.5) is 0 Å². The molecule has 0 radical (unpaired) electrons. The van der Waals surface area contributed by atoms with E-state index in [4.69, 9.17) is 4.52 Å². The second kappa shape index (κ2) is 8.97. The van der Waals surface area contributed by atoms with E-state index in [0.29, 0.717) is 50.0 Å². The summed E-state index contributed by atoms with van der Waals surface area (Å²) in [4.78, 5) is 32.8. The van der Waals surface area contributed by atoms with Gasteiger partial charge in [0.25, 0.3) is 5.91 Å². The molecule has 0 spiro atoms. The van der Waals surface area contributed by atoms with Crippen LogP contribution < -0.4 is 5.32 Å². The summed E-state index contributed by atoms with van der Waals surface area (Å²) in [5.41, 5.74) is 1.50. The van der Waals surface area contributed by atoms with Crippen molar-refractivity contribution >= 4 is 23.2 Å². The molecule has 1 aliphatic rings. The lowest BCUT2D eigenvalue weighted by atomic mass is 10.2. The number of nitrogens with one attached hydrogen (secondary N) is 1. The highest BCUT2D eigenvalue weighted by Gasteiger charge is 2.23. The second-order valence-electron chi connectivity index (χ2n) is 6.73. The van der Waals surface area contributed by atoms with Crippen LogP contribution in [0, 0.1) is 0 Å². The zero-order valence-corrected chi connectivity index (χ0v) is 16.6. The van der Waals surface area contributed by atoms with Crippen molar-refractivity contribution in [2.75, 3.05) is 32.7 Å². The first kappa shape index (κ1) is 19.3. The SMILES string of the molecule is O=C(NCC(=O)N1CCN(Cc2nc(-c3ccsc3)no2)CC1)c1ccccc1. The molecule has 9 heteroatoms. The molecule has 4 rings (SSSR count). The standard InChI is InChI=1S/C20H21N5O3S/c26-18(12-21-20(27)15-4-2-1-3-5-15)25-9-7-24(8-10-25)13-17-22-19(23-28-17)16-6-11-29-14-16/h1-6,11,14H,7-10,12-13H2,(H,21,27). The number of amides is 2. The summed E-state index contributed by atoms with van der Waals surface area (Å²) >= 11 is 1.59. The Morgan fingerprint density at radius 3 is 2.62 bits per heavy atom. The molecule has 3 heterocycles. The molecule has 1 aromatic carbocycles. The highest BCUT2D eigenvalue weighted by Crippen LogP contribution is 2.19. The number of aromatic nitrogens is 2. The molecule has 1 N–H and O–H groups in total. The van der Waals surface area contributed by atoms with E-state index < -0.39 is 0 Å². The van der Waals surface area contributed by atoms with E-state index in [2.05, 4.69) is 20.4 Å². The van der Waals surface area contributed by atoms with Crippen LogP contribution in [-0.4, -0.2) is 64.5 Å². The van der Waals surface area contributed by atoms with Crippen LogP contribution in [0.5, 0.6) is 0 Å². The Morgan fingerprint density at radius 1 is 1.10 bits per heavy atom. The first-order valence-electron chi connectivity index (χ1n) is 9.37. The van der Waals surface area contributed by atoms with Crippen LogP contribution in [0.2, 0.25) is 0 Å². The van der Waals surface area contributed by atoms with Crippen molar-refractivity contribution in [2.45, 2.75) is 6.54 Å². The number of hydrogen-bond acceptors (Lipinski definition) is 7. The molecule has 2 amide bonds. The minimum absolute atomic E-state index is 0.00138. The van der Waals surface area contributed by atoms with E-state index >= 15 is 0 Å². The molecule has 0 unspecified atom stereocenters. The lowest BCUT2D eigenvalue weighted by molar-refractivity contribution is -0.131. The molecule has 1 fully saturated rings. The molecule has 1 aliphatic heterocycles. The van der Waals surface area contributed by atoms with Gasteiger partial charge in [0.15, 0.2) is 0 Å². The predicted molar refractivity (Wildman–Crippen MR) is 108 cm³/mol. The average Bonchev–Trinajstić information content (AvgIpc) is 3.45. The topological polar surface area (TPSA) is 91.6 Å². The van der Waals surface area contributed by atoms with E-state index in [9.17, 15) is 9.59 Å². The Kier molecular flexibility index (Phi) is 5.97. The minimum atomic E-state index is -0.240. The third-order valence-electron chi connectivity index (χ3n) is 4.77. The molecule has 0 saturated carbocycles. The van der Waals surface area contributed by atoms with Gasteiger partial charge in [-0.05, 0) is 23.6 Å². The van der Waals surface area contributed by atoms with Gasteiger partial charge in [-0.3, -0.25) is 14.5 Å². The number of carbonyl (C=O) groups excluding carboxylic acids is 2. The van der Waals surface area contributed by atoms with Crippen LogP contribution in [0.1, 0.15) is 16.2 Å². The zero-order valence-electron chi connectivity index (χ0n) is 15.8. The van der Waals surface area contributed by atoms with Gasteiger partial charge in [0.2, 0.25) is 17.6 Å². The maximum Gasteiger partial charge on any atom is 0.251 e. The number of hydrogen-bond donors (Lipinski definition) is 1. The third kappa shape index (κ3) is 4.87. The predicted octanol–water partition coefficient (Wildman–Crippen LogP) is 1.87. The Balaban J connectivity index is 1.22. The molecular formula is C20H21N5O3S. The number of thiophene rings is 1. The lowest BCUT2D eigenvalue weighted by Crippen LogP contribution is -2.50. The molecule has 150 valence electrons. The number of rotatable bonds is 6. The quantitative estimate of drug-likeness (QED) is 0.666. The maximum absolute atomic E-state index is 12.4. The van der Waals surface area contributed by atoms with Gasteiger partial charge in [0.1, 0.15) is 0 Å². The molecule has 1 saturated heterocycles. The van der Waals surface area contributed by atoms with Crippen molar-refractivity contribution in [3.05, 3.63) is 58.6 Å². The summed E-state index contributed by atoms with van der Waals surface area (Å²) in [5, 5.41) is 10.7. The van der Waals surface area contributed by atoms with Crippen LogP contribution in [0.25, 0.3) is 11.4 Å². The van der Waals surface area contributed by atoms with Crippen LogP contribution >= 0.6 is 11.3 Å². The van der Waals surface area contributed by atoms with Crippen molar-refractivity contribution in [3.8, 4) is 11.4 Å². The van der Waals surface area contributed by atoms with Gasteiger partial charge >= 0.3 is 0 Å². The van der Waals surface area contributed by atoms with E-state index in [1.165, 1.54) is 0 Å². The van der Waals surface area contributed by atoms with E-state index in [1.807, 2.05) is 22.9 Å². The molecule has 0 bridgehead atoms. The number of benzene rings is 1. The van der Waals surface area contributed by atoms with Gasteiger partial charge in [-0.2, -0.15) is 16.3 Å². The fourth-order valence-corrected chi connectivity index (χ4v) is 3.77. The minimum Gasteiger partial charge on any atom is -0.343 e. The average molecular weight is 411 g/mol. The first-order valence-corrected chi connectivity index (χ1v) is 10.3. The van der Waals surface area contributed by atoms with Crippen molar-refractivity contribution in [3.63, 3.8) is 0 Å². The van der Waals surface area contributed by atoms with Crippen molar-refractivity contribution in [1.29, 1.82) is 0 Å². The van der Waals surface area contributed by atoms with Gasteiger partial charge in [-0.25, -0.2) is 0 Å². The van der Waals surface area contributed by atoms with Crippen molar-refractivity contribution in [1.82, 2.24) is 25.3 Å². The third-order valence-corrected chi connectivity index (χ3v) is 5.45. The van der Waals surface area contributed by atoms with Gasteiger partial charge in [-0.15, -0.1) is 0 Å². The Bertz CT molecular complexity index is 950. The second-order valence-corrected chi connectivity index (χ2v) is 7.51. The maximum atomic E-state index is 12.4. The van der Waals surface area contributed by atoms with E-state index in [1.54, 1.807) is 40.5 Å². The summed E-state index contributed by atoms with van der Waals surface area (Å²) < 4.78 is 5.35. The Morgan fingerprint density at radius 2 is 1.90 bits per heavy atom. The first-order chi connectivity index (χ1) is 14.2. The fourth-order valence-electron chi connectivity index (χ4n) is 3.13. The van der Waals surface area contributed by atoms with Gasteiger partial charge in [0, 0.05) is 42.7 Å². The summed E-state index contributed by atoms with van der Waals surface area (Å²) in [6.45, 7) is 3.20. The normalized spacial score (nSPS) is 14.7. The summed E-state index contributed by atoms with van der Waals surface area (Å²) in [6.07, 6.45) is 0. The van der Waals surface area contributed by atoms with Crippen LogP contribution in [0.3, 0.4) is 0 Å². The summed E-state index contributed by atoms with van der Waals surface area (Å²) in [7, 11) is 0. The fraction of sp³-hybridized carbons (Fsp3) is 0.300. The van der Waals surface area contributed by atoms with Gasteiger partial charge < -0.3 is 14.7 Å². The van der Waals surface area contributed by atoms with Crippen molar-refractivity contribution in [2.24, 2.45) is 0 Å². The highest BCUT2D eigenvalue weighted by molar-refractivity contribution is 7.08. The van der Waals surface area contributed by atoms with Crippen molar-refractivity contribution < 1.29 is 14.1 Å². The molecular weight excluding hydrogens is 390 g/mol. The highest BCUT2D eigenvalue weighted by atomic mass is 32.1. The molecule has 29 heavy (non-hydrogen) atoms. The smallest absolute Gasteiger partial charge is 0.251 e. The lowest BCUT2D eigenvalue weighted by Gasteiger charge is -2.34. The van der Waals surface area contributed by atoms with Gasteiger partial charge in [-0.1, -0.05) is 23.4 Å². The molecule has 0 aliphatic carbocycles. The summed E-state index contributed by atoms with van der Waals surface area (Å²) in [6, 6.07) is 10.8. The number of piperazine rings is 1. The van der Waals surface area contributed by atoms with Crippen LogP contribution in [0.15, 0.2) is 51.7 Å². The van der Waals surface area contributed by atoms with E-state index in [0.717, 1.165) is 5.56 Å². The van der Waals surface area contributed by atoms with Crippen LogP contribution in [-0.2, 0) is 11.3 Å². The zero-order chi connectivity index (χ0) is 20.1. The monoisotopic (exact) mass is 411 g/mol. The number of nitrogens with zero attached hydrogens (tertiary/aromatic N) is 4. The molecule has 2 aromatic heterocycles. The molecule has 8 nitrogen and oxygen atoms in total. The van der Waals surface area contributed by atoms with E-state index in [-0.39, 0.29) is 18.4 Å². The van der Waals surface area contributed by atoms with Gasteiger partial charge in [0.05, 0.1) is 13.1 Å². The Labute approximate surface area is 172 Å². The number of carbonyl (C=O) groups is 2. The summed E-state index contributed by atoms with van der Waals surface area (Å²) in [5.74, 6) is 0.854. The molecule has 3 aromatic rings.